The van der Waals surface area contributed by atoms with Gasteiger partial charge in [0.15, 0.2) is 5.78 Å². The summed E-state index contributed by atoms with van der Waals surface area (Å²) < 4.78 is 1.54. The number of benzene rings is 2. The van der Waals surface area contributed by atoms with E-state index in [1.165, 1.54) is 6.33 Å². The molecule has 4 rings (SSSR count). The quantitative estimate of drug-likeness (QED) is 0.526. The Morgan fingerprint density at radius 2 is 2.03 bits per heavy atom. The van der Waals surface area contributed by atoms with Crippen molar-refractivity contribution in [3.8, 4) is 5.69 Å². The number of aromatic nitrogens is 4. The first-order chi connectivity index (χ1) is 17.0. The van der Waals surface area contributed by atoms with Crippen molar-refractivity contribution in [2.75, 3.05) is 11.9 Å². The molecular weight excluding hydrogens is 468 g/mol. The fraction of sp³-hybridized carbons (Fsp3) is 0.280. The Bertz CT molecular complexity index is 1240. The van der Waals surface area contributed by atoms with Crippen molar-refractivity contribution in [1.82, 2.24) is 25.5 Å². The second-order valence-electron chi connectivity index (χ2n) is 8.23. The minimum absolute atomic E-state index is 0.0378. The lowest BCUT2D eigenvalue weighted by Crippen LogP contribution is -2.33. The third-order valence-electron chi connectivity index (χ3n) is 5.76. The molecule has 2 N–H and O–H groups in total. The van der Waals surface area contributed by atoms with Crippen molar-refractivity contribution >= 4 is 34.9 Å². The van der Waals surface area contributed by atoms with E-state index in [1.54, 1.807) is 35.0 Å². The number of nitrogens with one attached hydrogen (secondary N) is 2. The second-order valence-corrected chi connectivity index (χ2v) is 8.67. The summed E-state index contributed by atoms with van der Waals surface area (Å²) in [6, 6.07) is 12.3. The first kappa shape index (κ1) is 24.3. The lowest BCUT2D eigenvalue weighted by molar-refractivity contribution is -0.124. The van der Waals surface area contributed by atoms with Crippen molar-refractivity contribution in [1.29, 1.82) is 0 Å². The monoisotopic (exact) mass is 492 g/mol. The number of fused-ring (bicyclic) bond motifs is 1. The number of rotatable bonds is 5. The zero-order valence-electron chi connectivity index (χ0n) is 19.0. The van der Waals surface area contributed by atoms with Gasteiger partial charge in [-0.05, 0) is 65.6 Å². The molecule has 0 spiro atoms. The Morgan fingerprint density at radius 3 is 2.86 bits per heavy atom. The van der Waals surface area contributed by atoms with Crippen LogP contribution in [0.15, 0.2) is 60.9 Å². The number of allylic oxidation sites excluding steroid dienone is 2. The molecule has 35 heavy (non-hydrogen) atoms. The van der Waals surface area contributed by atoms with E-state index >= 15 is 0 Å². The van der Waals surface area contributed by atoms with Crippen molar-refractivity contribution < 1.29 is 14.4 Å². The lowest BCUT2D eigenvalue weighted by atomic mass is 9.93. The van der Waals surface area contributed by atoms with Gasteiger partial charge in [-0.3, -0.25) is 14.4 Å². The van der Waals surface area contributed by atoms with Crippen molar-refractivity contribution in [2.45, 2.75) is 32.1 Å². The Kier molecular flexibility index (Phi) is 7.99. The van der Waals surface area contributed by atoms with Crippen LogP contribution < -0.4 is 10.6 Å². The van der Waals surface area contributed by atoms with E-state index in [0.29, 0.717) is 48.5 Å². The molecule has 1 unspecified atom stereocenters. The number of tetrazole rings is 1. The van der Waals surface area contributed by atoms with Crippen LogP contribution in [0.2, 0.25) is 5.02 Å². The van der Waals surface area contributed by atoms with Gasteiger partial charge in [-0.25, -0.2) is 4.68 Å². The normalized spacial score (nSPS) is 16.5. The van der Waals surface area contributed by atoms with Gasteiger partial charge in [0.2, 0.25) is 11.8 Å². The van der Waals surface area contributed by atoms with Gasteiger partial charge in [-0.15, -0.1) is 5.10 Å². The summed E-state index contributed by atoms with van der Waals surface area (Å²) in [4.78, 5) is 38.3. The van der Waals surface area contributed by atoms with E-state index in [4.69, 9.17) is 11.6 Å². The molecule has 0 saturated heterocycles. The minimum Gasteiger partial charge on any atom is -0.356 e. The van der Waals surface area contributed by atoms with Gasteiger partial charge in [-0.2, -0.15) is 0 Å². The van der Waals surface area contributed by atoms with Gasteiger partial charge < -0.3 is 10.6 Å². The van der Waals surface area contributed by atoms with Crippen LogP contribution >= 0.6 is 11.6 Å². The van der Waals surface area contributed by atoms with Crippen LogP contribution in [-0.2, 0) is 16.0 Å². The maximum absolute atomic E-state index is 13.1. The maximum Gasteiger partial charge on any atom is 0.224 e. The van der Waals surface area contributed by atoms with E-state index in [0.717, 1.165) is 11.3 Å². The SMILES string of the molecule is O=C1CCC=CCC(C(=O)NCCc2cc(Cl)ccc2-n2cnnn2)CC(=O)c2ccccc2N1. The summed E-state index contributed by atoms with van der Waals surface area (Å²) in [5, 5.41) is 17.6. The molecule has 0 fully saturated rings. The highest BCUT2D eigenvalue weighted by Crippen LogP contribution is 2.23. The molecule has 2 aromatic carbocycles. The highest BCUT2D eigenvalue weighted by molar-refractivity contribution is 6.30. The molecule has 2 amide bonds. The predicted molar refractivity (Wildman–Crippen MR) is 131 cm³/mol. The number of ketones is 1. The molecule has 1 aromatic heterocycles. The highest BCUT2D eigenvalue weighted by Gasteiger charge is 2.23. The Labute approximate surface area is 207 Å². The van der Waals surface area contributed by atoms with Gasteiger partial charge in [0.25, 0.3) is 0 Å². The van der Waals surface area contributed by atoms with Crippen LogP contribution in [0.3, 0.4) is 0 Å². The third kappa shape index (κ3) is 6.39. The fourth-order valence-electron chi connectivity index (χ4n) is 3.97. The largest absolute Gasteiger partial charge is 0.356 e. The number of carbonyl (C=O) groups excluding carboxylic acids is 3. The first-order valence-corrected chi connectivity index (χ1v) is 11.8. The number of amides is 2. The number of hydrogen-bond donors (Lipinski definition) is 2. The zero-order chi connectivity index (χ0) is 24.6. The predicted octanol–water partition coefficient (Wildman–Crippen LogP) is 3.54. The lowest BCUT2D eigenvalue weighted by Gasteiger charge is -2.17. The summed E-state index contributed by atoms with van der Waals surface area (Å²) >= 11 is 6.18. The molecule has 1 aliphatic rings. The van der Waals surface area contributed by atoms with E-state index in [9.17, 15) is 14.4 Å². The molecule has 2 heterocycles. The van der Waals surface area contributed by atoms with E-state index in [-0.39, 0.29) is 24.0 Å². The van der Waals surface area contributed by atoms with Crippen molar-refractivity contribution in [3.63, 3.8) is 0 Å². The molecule has 1 aliphatic heterocycles. The number of para-hydroxylation sites is 1. The maximum atomic E-state index is 13.1. The van der Waals surface area contributed by atoms with Gasteiger partial charge in [0, 0.05) is 35.9 Å². The third-order valence-corrected chi connectivity index (χ3v) is 6.00. The molecule has 0 saturated carbocycles. The Hall–Kier alpha value is -3.85. The second kappa shape index (κ2) is 11.5. The molecule has 10 heteroatoms. The number of nitrogens with zero attached hydrogens (tertiary/aromatic N) is 4. The summed E-state index contributed by atoms with van der Waals surface area (Å²) in [5.41, 5.74) is 2.54. The average Bonchev–Trinajstić information content (AvgIpc) is 3.37. The van der Waals surface area contributed by atoms with Gasteiger partial charge in [0.1, 0.15) is 6.33 Å². The van der Waals surface area contributed by atoms with Crippen LogP contribution in [-0.4, -0.2) is 44.3 Å². The molecule has 0 radical (unpaired) electrons. The van der Waals surface area contributed by atoms with E-state index in [1.807, 2.05) is 24.3 Å². The molecule has 3 aromatic rings. The van der Waals surface area contributed by atoms with Crippen molar-refractivity contribution in [3.05, 3.63) is 77.1 Å². The standard InChI is InChI=1S/C25H25ClN6O3/c26-19-10-11-22(32-16-28-30-31-32)17(14-19)12-13-27-25(35)18-6-2-1-3-9-24(34)29-21-8-5-4-7-20(21)23(33)15-18/h1-2,4-5,7-8,10-11,14,16,18H,3,6,9,12-13,15H2,(H,27,35)(H,29,34). The van der Waals surface area contributed by atoms with Crippen LogP contribution in [0.25, 0.3) is 5.69 Å². The van der Waals surface area contributed by atoms with Crippen LogP contribution in [0.5, 0.6) is 0 Å². The Balaban J connectivity index is 1.45. The minimum atomic E-state index is -0.528. The zero-order valence-corrected chi connectivity index (χ0v) is 19.7. The molecule has 1 atom stereocenters. The Morgan fingerprint density at radius 1 is 1.17 bits per heavy atom. The summed E-state index contributed by atoms with van der Waals surface area (Å²) in [6.07, 6.45) is 7.06. The van der Waals surface area contributed by atoms with Gasteiger partial charge >= 0.3 is 0 Å². The summed E-state index contributed by atoms with van der Waals surface area (Å²) in [7, 11) is 0. The van der Waals surface area contributed by atoms with Crippen LogP contribution in [0.4, 0.5) is 5.69 Å². The number of Topliss-reactive ketones (excluding diaryl/α,β-unsaturated/α-hetero) is 1. The number of halogens is 1. The van der Waals surface area contributed by atoms with Crippen LogP contribution in [0.1, 0.15) is 41.6 Å². The fourth-order valence-corrected chi connectivity index (χ4v) is 4.17. The summed E-state index contributed by atoms with van der Waals surface area (Å²) in [5.74, 6) is -1.06. The van der Waals surface area contributed by atoms with Crippen molar-refractivity contribution in [2.24, 2.45) is 5.92 Å². The average molecular weight is 493 g/mol. The van der Waals surface area contributed by atoms with Crippen LogP contribution in [0, 0.1) is 5.92 Å². The number of anilines is 1. The molecule has 0 aliphatic carbocycles. The molecule has 180 valence electrons. The summed E-state index contributed by atoms with van der Waals surface area (Å²) in [6.45, 7) is 0.356. The molecular formula is C25H25ClN6O3. The molecule has 0 bridgehead atoms. The number of hydrogen-bond acceptors (Lipinski definition) is 6. The van der Waals surface area contributed by atoms with E-state index in [2.05, 4.69) is 26.2 Å². The van der Waals surface area contributed by atoms with Gasteiger partial charge in [-0.1, -0.05) is 35.9 Å². The van der Waals surface area contributed by atoms with E-state index < -0.39 is 5.92 Å². The van der Waals surface area contributed by atoms with Gasteiger partial charge in [0.05, 0.1) is 11.4 Å². The highest BCUT2D eigenvalue weighted by atomic mass is 35.5. The smallest absolute Gasteiger partial charge is 0.224 e. The first-order valence-electron chi connectivity index (χ1n) is 11.4. The molecule has 9 nitrogen and oxygen atoms in total. The number of carbonyl (C=O) groups is 3. The topological polar surface area (TPSA) is 119 Å².